The summed E-state index contributed by atoms with van der Waals surface area (Å²) in [6, 6.07) is 3.80. The highest BCUT2D eigenvalue weighted by Crippen LogP contribution is 2.24. The Morgan fingerprint density at radius 2 is 1.93 bits per heavy atom. The lowest BCUT2D eigenvalue weighted by Crippen LogP contribution is -2.11. The molecule has 14 heavy (non-hydrogen) atoms. The van der Waals surface area contributed by atoms with Gasteiger partial charge in [0, 0.05) is 16.3 Å². The lowest BCUT2D eigenvalue weighted by Gasteiger charge is -2.07. The van der Waals surface area contributed by atoms with Crippen LogP contribution >= 0.6 is 11.8 Å². The molecule has 1 rings (SSSR count). The molecule has 1 atom stereocenters. The standard InChI is InChI=1S/C10H13NO2S/c1-6-4-9(5-7(2)11-6)14-8(3)10(12)13/h4-5,8H,1-3H3,(H,12,13). The quantitative estimate of drug-likeness (QED) is 0.779. The summed E-state index contributed by atoms with van der Waals surface area (Å²) in [4.78, 5) is 15.8. The zero-order valence-electron chi connectivity index (χ0n) is 8.44. The Hall–Kier alpha value is -1.03. The van der Waals surface area contributed by atoms with Crippen LogP contribution in [0.4, 0.5) is 0 Å². The highest BCUT2D eigenvalue weighted by molar-refractivity contribution is 8.00. The van der Waals surface area contributed by atoms with Gasteiger partial charge >= 0.3 is 5.97 Å². The predicted octanol–water partition coefficient (Wildman–Crippen LogP) is 2.26. The minimum absolute atomic E-state index is 0.420. The van der Waals surface area contributed by atoms with Gasteiger partial charge in [0.2, 0.25) is 0 Å². The smallest absolute Gasteiger partial charge is 0.316 e. The predicted molar refractivity (Wildman–Crippen MR) is 56.7 cm³/mol. The number of pyridine rings is 1. The van der Waals surface area contributed by atoms with Crippen molar-refractivity contribution in [1.29, 1.82) is 0 Å². The van der Waals surface area contributed by atoms with Crippen molar-refractivity contribution >= 4 is 17.7 Å². The molecule has 0 spiro atoms. The van der Waals surface area contributed by atoms with E-state index in [0.29, 0.717) is 0 Å². The molecule has 0 aliphatic carbocycles. The number of nitrogens with zero attached hydrogens (tertiary/aromatic N) is 1. The van der Waals surface area contributed by atoms with Crippen LogP contribution in [-0.4, -0.2) is 21.3 Å². The highest BCUT2D eigenvalue weighted by Gasteiger charge is 2.12. The van der Waals surface area contributed by atoms with Crippen molar-refractivity contribution in [1.82, 2.24) is 4.98 Å². The minimum atomic E-state index is -0.790. The summed E-state index contributed by atoms with van der Waals surface area (Å²) in [6.45, 7) is 5.49. The van der Waals surface area contributed by atoms with E-state index in [1.165, 1.54) is 11.8 Å². The van der Waals surface area contributed by atoms with Crippen molar-refractivity contribution in [3.05, 3.63) is 23.5 Å². The van der Waals surface area contributed by atoms with Crippen molar-refractivity contribution in [3.8, 4) is 0 Å². The van der Waals surface area contributed by atoms with E-state index < -0.39 is 11.2 Å². The molecule has 3 nitrogen and oxygen atoms in total. The van der Waals surface area contributed by atoms with E-state index in [2.05, 4.69) is 4.98 Å². The highest BCUT2D eigenvalue weighted by atomic mass is 32.2. The Kier molecular flexibility index (Phi) is 3.52. The minimum Gasteiger partial charge on any atom is -0.480 e. The number of thioether (sulfide) groups is 1. The van der Waals surface area contributed by atoms with Crippen LogP contribution < -0.4 is 0 Å². The summed E-state index contributed by atoms with van der Waals surface area (Å²) < 4.78 is 0. The monoisotopic (exact) mass is 211 g/mol. The molecule has 1 heterocycles. The van der Waals surface area contributed by atoms with Crippen LogP contribution in [0.2, 0.25) is 0 Å². The van der Waals surface area contributed by atoms with Crippen molar-refractivity contribution < 1.29 is 9.90 Å². The third-order valence-corrected chi connectivity index (χ3v) is 2.78. The van der Waals surface area contributed by atoms with Gasteiger partial charge in [-0.25, -0.2) is 0 Å². The lowest BCUT2D eigenvalue weighted by molar-refractivity contribution is -0.136. The van der Waals surface area contributed by atoms with Crippen LogP contribution in [0.5, 0.6) is 0 Å². The summed E-state index contributed by atoms with van der Waals surface area (Å²) in [5.74, 6) is -0.790. The molecule has 0 aliphatic rings. The molecule has 0 saturated heterocycles. The number of aromatic nitrogens is 1. The molecule has 1 aromatic heterocycles. The van der Waals surface area contributed by atoms with Gasteiger partial charge in [-0.3, -0.25) is 9.78 Å². The zero-order chi connectivity index (χ0) is 10.7. The normalized spacial score (nSPS) is 12.5. The summed E-state index contributed by atoms with van der Waals surface area (Å²) >= 11 is 1.34. The van der Waals surface area contributed by atoms with Crippen LogP contribution in [-0.2, 0) is 4.79 Å². The maximum atomic E-state index is 10.6. The fraction of sp³-hybridized carbons (Fsp3) is 0.400. The topological polar surface area (TPSA) is 50.2 Å². The zero-order valence-corrected chi connectivity index (χ0v) is 9.26. The van der Waals surface area contributed by atoms with Crippen LogP contribution in [0.3, 0.4) is 0 Å². The first-order valence-corrected chi connectivity index (χ1v) is 5.22. The number of aliphatic carboxylic acids is 1. The molecular formula is C10H13NO2S. The summed E-state index contributed by atoms with van der Waals surface area (Å²) in [7, 11) is 0. The summed E-state index contributed by atoms with van der Waals surface area (Å²) in [5, 5.41) is 8.33. The van der Waals surface area contributed by atoms with Crippen LogP contribution in [0.1, 0.15) is 18.3 Å². The van der Waals surface area contributed by atoms with Crippen LogP contribution in [0.15, 0.2) is 17.0 Å². The summed E-state index contributed by atoms with van der Waals surface area (Å²) in [5.41, 5.74) is 1.84. The van der Waals surface area contributed by atoms with E-state index in [1.807, 2.05) is 26.0 Å². The van der Waals surface area contributed by atoms with E-state index in [1.54, 1.807) is 6.92 Å². The third-order valence-electron chi connectivity index (χ3n) is 1.72. The van der Waals surface area contributed by atoms with Crippen LogP contribution in [0, 0.1) is 13.8 Å². The Bertz CT molecular complexity index is 332. The third kappa shape index (κ3) is 3.03. The van der Waals surface area contributed by atoms with Gasteiger partial charge < -0.3 is 5.11 Å². The fourth-order valence-electron chi connectivity index (χ4n) is 1.12. The van der Waals surface area contributed by atoms with Crippen molar-refractivity contribution in [2.45, 2.75) is 30.9 Å². The Labute approximate surface area is 87.6 Å². The molecule has 0 radical (unpaired) electrons. The van der Waals surface area contributed by atoms with Gasteiger partial charge in [-0.2, -0.15) is 0 Å². The molecule has 1 unspecified atom stereocenters. The molecule has 0 amide bonds. The van der Waals surface area contributed by atoms with Crippen molar-refractivity contribution in [2.24, 2.45) is 0 Å². The second-order valence-electron chi connectivity index (χ2n) is 3.18. The van der Waals surface area contributed by atoms with Gasteiger partial charge in [-0.1, -0.05) is 0 Å². The first-order valence-electron chi connectivity index (χ1n) is 4.34. The van der Waals surface area contributed by atoms with Gasteiger partial charge in [-0.15, -0.1) is 11.8 Å². The van der Waals surface area contributed by atoms with E-state index in [-0.39, 0.29) is 0 Å². The Morgan fingerprint density at radius 3 is 2.36 bits per heavy atom. The second kappa shape index (κ2) is 4.46. The van der Waals surface area contributed by atoms with Gasteiger partial charge in [0.05, 0.1) is 0 Å². The van der Waals surface area contributed by atoms with Gasteiger partial charge in [0.15, 0.2) is 0 Å². The van der Waals surface area contributed by atoms with E-state index in [4.69, 9.17) is 5.11 Å². The molecule has 0 aromatic carbocycles. The van der Waals surface area contributed by atoms with Gasteiger partial charge in [-0.05, 0) is 32.9 Å². The van der Waals surface area contributed by atoms with E-state index in [9.17, 15) is 4.79 Å². The molecule has 4 heteroatoms. The Balaban J connectivity index is 2.81. The molecule has 1 aromatic rings. The second-order valence-corrected chi connectivity index (χ2v) is 4.60. The number of carboxylic acids is 1. The van der Waals surface area contributed by atoms with Gasteiger partial charge in [0.25, 0.3) is 0 Å². The number of hydrogen-bond acceptors (Lipinski definition) is 3. The molecule has 1 N–H and O–H groups in total. The first kappa shape index (κ1) is 11.0. The number of hydrogen-bond donors (Lipinski definition) is 1. The fourth-order valence-corrected chi connectivity index (χ4v) is 2.10. The Morgan fingerprint density at radius 1 is 1.43 bits per heavy atom. The number of carbonyl (C=O) groups is 1. The SMILES string of the molecule is Cc1cc(SC(C)C(=O)O)cc(C)n1. The maximum absolute atomic E-state index is 10.6. The lowest BCUT2D eigenvalue weighted by atomic mass is 10.3. The summed E-state index contributed by atoms with van der Waals surface area (Å²) in [6.07, 6.45) is 0. The van der Waals surface area contributed by atoms with E-state index in [0.717, 1.165) is 16.3 Å². The first-order chi connectivity index (χ1) is 6.49. The molecule has 76 valence electrons. The largest absolute Gasteiger partial charge is 0.480 e. The molecule has 0 bridgehead atoms. The molecule has 0 fully saturated rings. The van der Waals surface area contributed by atoms with Crippen molar-refractivity contribution in [2.75, 3.05) is 0 Å². The van der Waals surface area contributed by atoms with Crippen LogP contribution in [0.25, 0.3) is 0 Å². The average molecular weight is 211 g/mol. The number of rotatable bonds is 3. The van der Waals surface area contributed by atoms with Crippen molar-refractivity contribution in [3.63, 3.8) is 0 Å². The number of carboxylic acid groups (broad SMARTS) is 1. The van der Waals surface area contributed by atoms with Gasteiger partial charge in [0.1, 0.15) is 5.25 Å². The average Bonchev–Trinajstić information content (AvgIpc) is 2.01. The molecule has 0 saturated carbocycles. The molecular weight excluding hydrogens is 198 g/mol. The maximum Gasteiger partial charge on any atom is 0.316 e. The number of aryl methyl sites for hydroxylation is 2. The van der Waals surface area contributed by atoms with E-state index >= 15 is 0 Å². The molecule has 0 aliphatic heterocycles.